The summed E-state index contributed by atoms with van der Waals surface area (Å²) in [6.07, 6.45) is 4.63. The molecular weight excluding hydrogens is 442 g/mol. The fourth-order valence-electron chi connectivity index (χ4n) is 4.60. The van der Waals surface area contributed by atoms with E-state index in [1.165, 1.54) is 11.1 Å². The van der Waals surface area contributed by atoms with Crippen LogP contribution < -0.4 is 0 Å². The molecule has 0 fully saturated rings. The first-order valence-corrected chi connectivity index (χ1v) is 12.0. The fraction of sp³-hybridized carbons (Fsp3) is 0.407. The Kier molecular flexibility index (Phi) is 5.92. The molecule has 0 saturated heterocycles. The summed E-state index contributed by atoms with van der Waals surface area (Å²) in [5.74, 6) is 0.818. The molecule has 4 aromatic rings. The molecule has 0 N–H and O–H groups in total. The van der Waals surface area contributed by atoms with Gasteiger partial charge in [0.1, 0.15) is 11.2 Å². The van der Waals surface area contributed by atoms with Gasteiger partial charge in [-0.25, -0.2) is 4.98 Å². The number of hydrogen-bond donors (Lipinski definition) is 0. The van der Waals surface area contributed by atoms with Crippen LogP contribution in [-0.4, -0.2) is 49.3 Å². The van der Waals surface area contributed by atoms with Crippen molar-refractivity contribution in [2.45, 2.75) is 59.2 Å². The minimum absolute atomic E-state index is 0.200. The molecule has 0 saturated carbocycles. The first kappa shape index (κ1) is 23.2. The zero-order valence-corrected chi connectivity index (χ0v) is 20.9. The molecule has 5 rings (SSSR count). The smallest absolute Gasteiger partial charge is 0.320 e. The Balaban J connectivity index is 1.36. The van der Waals surface area contributed by atoms with E-state index in [1.54, 1.807) is 6.20 Å². The van der Waals surface area contributed by atoms with Crippen molar-refractivity contribution in [2.24, 2.45) is 0 Å². The summed E-state index contributed by atoms with van der Waals surface area (Å²) in [7, 11) is 0. The fourth-order valence-corrected chi connectivity index (χ4v) is 4.60. The number of hydrogen-bond acceptors (Lipinski definition) is 7. The maximum absolute atomic E-state index is 12.3. The highest BCUT2D eigenvalue weighted by Gasteiger charge is 2.25. The average molecular weight is 474 g/mol. The average Bonchev–Trinajstić information content (AvgIpc) is 3.44. The Bertz CT molecular complexity index is 1380. The van der Waals surface area contributed by atoms with E-state index >= 15 is 0 Å². The third-order valence-corrected chi connectivity index (χ3v) is 6.14. The van der Waals surface area contributed by atoms with E-state index in [-0.39, 0.29) is 12.5 Å². The number of esters is 1. The van der Waals surface area contributed by atoms with Crippen LogP contribution >= 0.6 is 0 Å². The zero-order valence-electron chi connectivity index (χ0n) is 20.9. The molecule has 182 valence electrons. The van der Waals surface area contributed by atoms with Crippen LogP contribution in [0.1, 0.15) is 51.8 Å². The second kappa shape index (κ2) is 8.92. The van der Waals surface area contributed by atoms with Gasteiger partial charge in [-0.15, -0.1) is 0 Å². The molecule has 0 amide bonds. The normalized spacial score (nSPS) is 14.5. The highest BCUT2D eigenvalue weighted by atomic mass is 16.6. The quantitative estimate of drug-likeness (QED) is 0.376. The number of aromatic nitrogens is 4. The van der Waals surface area contributed by atoms with Crippen molar-refractivity contribution in [1.82, 2.24) is 24.6 Å². The third kappa shape index (κ3) is 4.84. The minimum atomic E-state index is -0.479. The van der Waals surface area contributed by atoms with E-state index in [9.17, 15) is 4.79 Å². The van der Waals surface area contributed by atoms with Crippen LogP contribution in [0.4, 0.5) is 0 Å². The number of rotatable bonds is 5. The summed E-state index contributed by atoms with van der Waals surface area (Å²) in [5, 5.41) is 5.33. The van der Waals surface area contributed by atoms with Crippen molar-refractivity contribution >= 4 is 17.0 Å². The second-order valence-electron chi connectivity index (χ2n) is 10.4. The van der Waals surface area contributed by atoms with E-state index in [0.29, 0.717) is 24.3 Å². The number of benzene rings is 1. The lowest BCUT2D eigenvalue weighted by atomic mass is 9.94. The number of ether oxygens (including phenoxy) is 1. The van der Waals surface area contributed by atoms with Crippen LogP contribution in [-0.2, 0) is 22.5 Å². The van der Waals surface area contributed by atoms with Gasteiger partial charge in [0.25, 0.3) is 5.89 Å². The van der Waals surface area contributed by atoms with Crippen LogP contribution in [0.3, 0.4) is 0 Å². The van der Waals surface area contributed by atoms with Crippen molar-refractivity contribution < 1.29 is 14.1 Å². The first-order chi connectivity index (χ1) is 16.7. The molecule has 0 spiro atoms. The topological polar surface area (TPSA) is 86.3 Å². The standard InChI is InChI=1S/C27H31N5O3/c1-17(2)32-12-9-18-13-20(14-28-25(18)32)26-29-24(30-35-26)22-8-6-7-19-15-31(11-10-21(19)22)16-23(33)34-27(3,4)5/h6-9,12-14,17H,10-11,15-16H2,1-5H3. The summed E-state index contributed by atoms with van der Waals surface area (Å²) < 4.78 is 13.3. The van der Waals surface area contributed by atoms with E-state index in [2.05, 4.69) is 45.6 Å². The molecule has 0 aliphatic carbocycles. The van der Waals surface area contributed by atoms with Crippen LogP contribution in [0.2, 0.25) is 0 Å². The summed E-state index contributed by atoms with van der Waals surface area (Å²) in [5.41, 5.74) is 4.59. The van der Waals surface area contributed by atoms with Crippen LogP contribution in [0.25, 0.3) is 33.9 Å². The second-order valence-corrected chi connectivity index (χ2v) is 10.4. The van der Waals surface area contributed by atoms with E-state index in [1.807, 2.05) is 45.2 Å². The van der Waals surface area contributed by atoms with Gasteiger partial charge in [0.15, 0.2) is 0 Å². The number of pyridine rings is 1. The lowest BCUT2D eigenvalue weighted by Crippen LogP contribution is -2.38. The number of fused-ring (bicyclic) bond motifs is 2. The van der Waals surface area contributed by atoms with Crippen molar-refractivity contribution in [3.8, 4) is 22.8 Å². The molecule has 35 heavy (non-hydrogen) atoms. The molecule has 3 aromatic heterocycles. The van der Waals surface area contributed by atoms with Gasteiger partial charge in [0, 0.05) is 42.5 Å². The molecule has 0 radical (unpaired) electrons. The van der Waals surface area contributed by atoms with E-state index < -0.39 is 5.60 Å². The molecule has 1 aliphatic rings. The molecular formula is C27H31N5O3. The molecule has 0 bridgehead atoms. The maximum Gasteiger partial charge on any atom is 0.320 e. The predicted molar refractivity (Wildman–Crippen MR) is 134 cm³/mol. The zero-order chi connectivity index (χ0) is 24.7. The first-order valence-electron chi connectivity index (χ1n) is 12.0. The Morgan fingerprint density at radius 1 is 1.23 bits per heavy atom. The lowest BCUT2D eigenvalue weighted by molar-refractivity contribution is -0.156. The highest BCUT2D eigenvalue weighted by Crippen LogP contribution is 2.31. The SMILES string of the molecule is CC(C)n1ccc2cc(-c3nc(-c4cccc5c4CCN(CC(=O)OC(C)(C)C)C5)no3)cnc21. The highest BCUT2D eigenvalue weighted by molar-refractivity contribution is 5.80. The van der Waals surface area contributed by atoms with Gasteiger partial charge in [-0.1, -0.05) is 23.4 Å². The van der Waals surface area contributed by atoms with Crippen LogP contribution in [0.5, 0.6) is 0 Å². The molecule has 1 aliphatic heterocycles. The molecule has 0 atom stereocenters. The van der Waals surface area contributed by atoms with Gasteiger partial charge in [0.2, 0.25) is 5.82 Å². The summed E-state index contributed by atoms with van der Waals surface area (Å²) in [6, 6.07) is 10.6. The lowest BCUT2D eigenvalue weighted by Gasteiger charge is -2.30. The van der Waals surface area contributed by atoms with Gasteiger partial charge in [-0.2, -0.15) is 4.98 Å². The maximum atomic E-state index is 12.3. The number of carbonyl (C=O) groups excluding carboxylic acids is 1. The van der Waals surface area contributed by atoms with Gasteiger partial charge < -0.3 is 13.8 Å². The minimum Gasteiger partial charge on any atom is -0.459 e. The third-order valence-electron chi connectivity index (χ3n) is 6.14. The molecule has 8 nitrogen and oxygen atoms in total. The Morgan fingerprint density at radius 2 is 2.06 bits per heavy atom. The van der Waals surface area contributed by atoms with Crippen LogP contribution in [0.15, 0.2) is 47.2 Å². The number of nitrogens with zero attached hydrogens (tertiary/aromatic N) is 5. The molecule has 8 heteroatoms. The Labute approximate surface area is 204 Å². The Morgan fingerprint density at radius 3 is 2.83 bits per heavy atom. The number of carbonyl (C=O) groups is 1. The van der Waals surface area contributed by atoms with Gasteiger partial charge in [-0.05, 0) is 64.3 Å². The molecule has 0 unspecified atom stereocenters. The van der Waals surface area contributed by atoms with Crippen molar-refractivity contribution in [3.63, 3.8) is 0 Å². The summed E-state index contributed by atoms with van der Waals surface area (Å²) in [6.45, 7) is 11.7. The van der Waals surface area contributed by atoms with Gasteiger partial charge in [-0.3, -0.25) is 9.69 Å². The van der Waals surface area contributed by atoms with Crippen molar-refractivity contribution in [1.29, 1.82) is 0 Å². The summed E-state index contributed by atoms with van der Waals surface area (Å²) >= 11 is 0. The van der Waals surface area contributed by atoms with Gasteiger partial charge in [0.05, 0.1) is 12.1 Å². The molecule has 4 heterocycles. The van der Waals surface area contributed by atoms with Crippen molar-refractivity contribution in [2.75, 3.05) is 13.1 Å². The van der Waals surface area contributed by atoms with Gasteiger partial charge >= 0.3 is 5.97 Å². The molecule has 1 aromatic carbocycles. The van der Waals surface area contributed by atoms with E-state index in [4.69, 9.17) is 14.2 Å². The monoisotopic (exact) mass is 473 g/mol. The van der Waals surface area contributed by atoms with Crippen molar-refractivity contribution in [3.05, 3.63) is 53.9 Å². The predicted octanol–water partition coefficient (Wildman–Crippen LogP) is 5.03. The Hall–Kier alpha value is -3.52. The van der Waals surface area contributed by atoms with E-state index in [0.717, 1.165) is 35.1 Å². The van der Waals surface area contributed by atoms with Crippen LogP contribution in [0, 0.1) is 0 Å². The largest absolute Gasteiger partial charge is 0.459 e. The summed E-state index contributed by atoms with van der Waals surface area (Å²) in [4.78, 5) is 23.7.